The summed E-state index contributed by atoms with van der Waals surface area (Å²) >= 11 is 0. The number of nitrogens with one attached hydrogen (secondary N) is 1. The average molecular weight is 374 g/mol. The molecule has 1 N–H and O–H groups in total. The van der Waals surface area contributed by atoms with Crippen LogP contribution >= 0.6 is 0 Å². The molecule has 2 rings (SSSR count). The van der Waals surface area contributed by atoms with Crippen molar-refractivity contribution in [3.63, 3.8) is 0 Å². The molecule has 2 amide bonds. The quantitative estimate of drug-likeness (QED) is 0.852. The van der Waals surface area contributed by atoms with Gasteiger partial charge >= 0.3 is 6.18 Å². The Bertz CT molecular complexity index is 649. The Kier molecular flexibility index (Phi) is 6.60. The Morgan fingerprint density at radius 3 is 2.73 bits per heavy atom. The zero-order chi connectivity index (χ0) is 19.3. The van der Waals surface area contributed by atoms with Gasteiger partial charge in [-0.1, -0.05) is 6.07 Å². The summed E-state index contributed by atoms with van der Waals surface area (Å²) in [4.78, 5) is 25.3. The number of carbonyl (C=O) groups is 2. The predicted molar refractivity (Wildman–Crippen MR) is 86.6 cm³/mol. The first-order valence-corrected chi connectivity index (χ1v) is 8.06. The van der Waals surface area contributed by atoms with Crippen LogP contribution in [0.3, 0.4) is 0 Å². The number of hydrogen-bond donors (Lipinski definition) is 1. The molecule has 2 unspecified atom stereocenters. The van der Waals surface area contributed by atoms with E-state index >= 15 is 0 Å². The van der Waals surface area contributed by atoms with Gasteiger partial charge < -0.3 is 19.7 Å². The molecule has 1 aromatic carbocycles. The summed E-state index contributed by atoms with van der Waals surface area (Å²) in [7, 11) is 3.20. The van der Waals surface area contributed by atoms with Crippen LogP contribution in [-0.2, 0) is 20.4 Å². The highest BCUT2D eigenvalue weighted by molar-refractivity contribution is 5.94. The number of hydrogen-bond acceptors (Lipinski definition) is 4. The van der Waals surface area contributed by atoms with Gasteiger partial charge in [-0.2, -0.15) is 13.2 Å². The Morgan fingerprint density at radius 1 is 1.35 bits per heavy atom. The molecule has 2 atom stereocenters. The largest absolute Gasteiger partial charge is 0.416 e. The molecular formula is C17H21F3N2O4. The Balaban J connectivity index is 2.02. The van der Waals surface area contributed by atoms with Crippen LogP contribution in [0.25, 0.3) is 0 Å². The maximum Gasteiger partial charge on any atom is 0.416 e. The number of alkyl halides is 3. The lowest BCUT2D eigenvalue weighted by molar-refractivity contribution is -0.139. The van der Waals surface area contributed by atoms with Crippen LogP contribution in [0.1, 0.15) is 22.3 Å². The van der Waals surface area contributed by atoms with Crippen LogP contribution in [0, 0.1) is 0 Å². The van der Waals surface area contributed by atoms with Crippen LogP contribution in [0.5, 0.6) is 0 Å². The summed E-state index contributed by atoms with van der Waals surface area (Å²) in [5, 5.41) is 2.64. The van der Waals surface area contributed by atoms with E-state index in [0.29, 0.717) is 13.0 Å². The fraction of sp³-hybridized carbons (Fsp3) is 0.529. The number of likely N-dealkylation sites (N-methyl/N-ethyl adjacent to an activating group) is 1. The molecule has 0 aliphatic carbocycles. The molecule has 1 aliphatic rings. The molecule has 0 spiro atoms. The lowest BCUT2D eigenvalue weighted by Crippen LogP contribution is -2.51. The van der Waals surface area contributed by atoms with E-state index in [9.17, 15) is 22.8 Å². The predicted octanol–water partition coefficient (Wildman–Crippen LogP) is 1.70. The molecule has 1 fully saturated rings. The van der Waals surface area contributed by atoms with Gasteiger partial charge in [-0.25, -0.2) is 0 Å². The number of benzene rings is 1. The summed E-state index contributed by atoms with van der Waals surface area (Å²) < 4.78 is 49.2. The van der Waals surface area contributed by atoms with Crippen LogP contribution in [0.4, 0.5) is 13.2 Å². The molecule has 0 bridgehead atoms. The van der Waals surface area contributed by atoms with Crippen molar-refractivity contribution in [1.82, 2.24) is 10.2 Å². The molecule has 1 saturated heterocycles. The van der Waals surface area contributed by atoms with Gasteiger partial charge in [0.15, 0.2) is 0 Å². The topological polar surface area (TPSA) is 67.9 Å². The molecule has 0 aromatic heterocycles. The van der Waals surface area contributed by atoms with Gasteiger partial charge in [-0.3, -0.25) is 9.59 Å². The Morgan fingerprint density at radius 2 is 2.08 bits per heavy atom. The lowest BCUT2D eigenvalue weighted by atomic mass is 10.0. The Labute approximate surface area is 149 Å². The second-order valence-corrected chi connectivity index (χ2v) is 6.16. The third-order valence-corrected chi connectivity index (χ3v) is 3.98. The Hall–Kier alpha value is -2.13. The van der Waals surface area contributed by atoms with Crippen LogP contribution in [-0.4, -0.2) is 62.8 Å². The van der Waals surface area contributed by atoms with Gasteiger partial charge in [0.05, 0.1) is 24.3 Å². The van der Waals surface area contributed by atoms with E-state index < -0.39 is 29.8 Å². The van der Waals surface area contributed by atoms with Gasteiger partial charge in [0.25, 0.3) is 5.91 Å². The van der Waals surface area contributed by atoms with E-state index in [2.05, 4.69) is 5.32 Å². The fourth-order valence-corrected chi connectivity index (χ4v) is 2.45. The summed E-state index contributed by atoms with van der Waals surface area (Å²) in [5.74, 6) is -0.876. The highest BCUT2D eigenvalue weighted by Crippen LogP contribution is 2.29. The normalized spacial score (nSPS) is 20.5. The van der Waals surface area contributed by atoms with Gasteiger partial charge in [-0.05, 0) is 24.6 Å². The zero-order valence-corrected chi connectivity index (χ0v) is 14.5. The SMILES string of the molecule is CN(C)C(=O)COC1CCOCC1NC(=O)c1cccc(C(F)(F)F)c1. The minimum absolute atomic E-state index is 0.103. The summed E-state index contributed by atoms with van der Waals surface area (Å²) in [6.07, 6.45) is -4.51. The maximum atomic E-state index is 12.8. The maximum absolute atomic E-state index is 12.8. The molecule has 9 heteroatoms. The van der Waals surface area contributed by atoms with Crippen molar-refractivity contribution >= 4 is 11.8 Å². The van der Waals surface area contributed by atoms with Gasteiger partial charge in [-0.15, -0.1) is 0 Å². The molecule has 0 radical (unpaired) electrons. The van der Waals surface area contributed by atoms with Crippen molar-refractivity contribution in [3.8, 4) is 0 Å². The van der Waals surface area contributed by atoms with E-state index in [-0.39, 0.29) is 24.7 Å². The van der Waals surface area contributed by atoms with Crippen molar-refractivity contribution in [3.05, 3.63) is 35.4 Å². The molecule has 26 heavy (non-hydrogen) atoms. The van der Waals surface area contributed by atoms with E-state index in [4.69, 9.17) is 9.47 Å². The number of amides is 2. The number of rotatable bonds is 5. The molecule has 6 nitrogen and oxygen atoms in total. The first kappa shape index (κ1) is 20.2. The average Bonchev–Trinajstić information content (AvgIpc) is 2.60. The molecule has 1 aliphatic heterocycles. The third kappa shape index (κ3) is 5.43. The van der Waals surface area contributed by atoms with Crippen molar-refractivity contribution in [2.45, 2.75) is 24.7 Å². The highest BCUT2D eigenvalue weighted by Gasteiger charge is 2.32. The van der Waals surface area contributed by atoms with Crippen molar-refractivity contribution in [2.75, 3.05) is 33.9 Å². The first-order chi connectivity index (χ1) is 12.2. The van der Waals surface area contributed by atoms with Gasteiger partial charge in [0, 0.05) is 26.3 Å². The smallest absolute Gasteiger partial charge is 0.379 e. The van der Waals surface area contributed by atoms with E-state index in [0.717, 1.165) is 12.1 Å². The standard InChI is InChI=1S/C17H21F3N2O4/c1-22(2)15(23)10-26-14-6-7-25-9-13(14)21-16(24)11-4-3-5-12(8-11)17(18,19)20/h3-5,8,13-14H,6-7,9-10H2,1-2H3,(H,21,24). The van der Waals surface area contributed by atoms with Crippen molar-refractivity contribution in [1.29, 1.82) is 0 Å². The molecule has 1 heterocycles. The van der Waals surface area contributed by atoms with Crippen LogP contribution < -0.4 is 5.32 Å². The summed E-state index contributed by atoms with van der Waals surface area (Å²) in [5.41, 5.74) is -0.997. The third-order valence-electron chi connectivity index (χ3n) is 3.98. The second kappa shape index (κ2) is 8.50. The van der Waals surface area contributed by atoms with Crippen molar-refractivity contribution in [2.24, 2.45) is 0 Å². The second-order valence-electron chi connectivity index (χ2n) is 6.16. The minimum Gasteiger partial charge on any atom is -0.379 e. The van der Waals surface area contributed by atoms with E-state index in [1.165, 1.54) is 17.0 Å². The highest BCUT2D eigenvalue weighted by atomic mass is 19.4. The van der Waals surface area contributed by atoms with Gasteiger partial charge in [0.2, 0.25) is 5.91 Å². The van der Waals surface area contributed by atoms with E-state index in [1.807, 2.05) is 0 Å². The lowest BCUT2D eigenvalue weighted by Gasteiger charge is -2.32. The van der Waals surface area contributed by atoms with Crippen molar-refractivity contribution < 1.29 is 32.2 Å². The monoisotopic (exact) mass is 374 g/mol. The van der Waals surface area contributed by atoms with E-state index in [1.54, 1.807) is 14.1 Å². The summed E-state index contributed by atoms with van der Waals surface area (Å²) in [6, 6.07) is 3.63. The minimum atomic E-state index is -4.53. The fourth-order valence-electron chi connectivity index (χ4n) is 2.45. The molecular weight excluding hydrogens is 353 g/mol. The number of nitrogens with zero attached hydrogens (tertiary/aromatic N) is 1. The van der Waals surface area contributed by atoms with Crippen LogP contribution in [0.2, 0.25) is 0 Å². The number of halogens is 3. The van der Waals surface area contributed by atoms with Crippen LogP contribution in [0.15, 0.2) is 24.3 Å². The molecule has 0 saturated carbocycles. The summed E-state index contributed by atoms with van der Waals surface area (Å²) in [6.45, 7) is 0.426. The number of ether oxygens (including phenoxy) is 2. The number of carbonyl (C=O) groups excluding carboxylic acids is 2. The van der Waals surface area contributed by atoms with Gasteiger partial charge in [0.1, 0.15) is 6.61 Å². The zero-order valence-electron chi connectivity index (χ0n) is 14.5. The first-order valence-electron chi connectivity index (χ1n) is 8.06. The molecule has 144 valence electrons. The molecule has 1 aromatic rings.